The Labute approximate surface area is 228 Å². The van der Waals surface area contributed by atoms with E-state index in [1.165, 1.54) is 50.1 Å². The van der Waals surface area contributed by atoms with Gasteiger partial charge in [-0.05, 0) is 91.6 Å². The standard InChI is InChI=1S/C32H29N5S/c1-19-14-22(18-33)15-20(2)30(19)23-16-28(36-21(3)34(4)24-10-6-8-12-26(24)36)31-29(17-23)37-27-13-9-7-11-25(27)35(5)32(37)38-31/h6-17,21,32H,1-5H3. The van der Waals surface area contributed by atoms with Crippen molar-refractivity contribution >= 4 is 45.9 Å². The van der Waals surface area contributed by atoms with Crippen LogP contribution in [0.15, 0.2) is 77.7 Å². The molecular weight excluding hydrogens is 486 g/mol. The number of nitrogens with zero attached hydrogens (tertiary/aromatic N) is 5. The SMILES string of the molecule is Cc1cc(C#N)cc(C)c1-c1cc(N2c3ccccc3N(C)C2C)c2c(c1)N1c3ccccc3N(C)C1S2. The van der Waals surface area contributed by atoms with Crippen molar-refractivity contribution in [2.24, 2.45) is 0 Å². The Bertz CT molecular complexity index is 1650. The Hall–Kier alpha value is -4.08. The molecule has 188 valence electrons. The molecule has 0 aliphatic carbocycles. The number of rotatable bonds is 2. The molecule has 5 nitrogen and oxygen atoms in total. The summed E-state index contributed by atoms with van der Waals surface area (Å²) in [6.45, 7) is 6.52. The molecule has 0 spiro atoms. The number of hydrogen-bond donors (Lipinski definition) is 0. The summed E-state index contributed by atoms with van der Waals surface area (Å²) < 4.78 is 0. The average molecular weight is 516 g/mol. The van der Waals surface area contributed by atoms with Gasteiger partial charge < -0.3 is 19.6 Å². The van der Waals surface area contributed by atoms with Crippen molar-refractivity contribution in [1.29, 1.82) is 5.26 Å². The Morgan fingerprint density at radius 1 is 0.711 bits per heavy atom. The number of aryl methyl sites for hydroxylation is 2. The third-order valence-corrected chi connectivity index (χ3v) is 9.66. The smallest absolute Gasteiger partial charge is 0.159 e. The summed E-state index contributed by atoms with van der Waals surface area (Å²) in [5.41, 5.74) is 13.0. The first-order chi connectivity index (χ1) is 18.4. The summed E-state index contributed by atoms with van der Waals surface area (Å²) in [6.07, 6.45) is 0.177. The molecule has 0 radical (unpaired) electrons. The number of anilines is 6. The van der Waals surface area contributed by atoms with Gasteiger partial charge in [0.05, 0.1) is 50.7 Å². The van der Waals surface area contributed by atoms with Crippen molar-refractivity contribution in [3.63, 3.8) is 0 Å². The number of fused-ring (bicyclic) bond motifs is 6. The Balaban J connectivity index is 1.50. The van der Waals surface area contributed by atoms with Crippen molar-refractivity contribution in [1.82, 2.24) is 0 Å². The minimum atomic E-state index is 0.172. The lowest BCUT2D eigenvalue weighted by atomic mass is 9.92. The van der Waals surface area contributed by atoms with Crippen molar-refractivity contribution < 1.29 is 0 Å². The van der Waals surface area contributed by atoms with Gasteiger partial charge in [-0.25, -0.2) is 0 Å². The van der Waals surface area contributed by atoms with Gasteiger partial charge in [0.2, 0.25) is 0 Å². The van der Waals surface area contributed by atoms with Crippen molar-refractivity contribution in [3.05, 3.63) is 89.5 Å². The van der Waals surface area contributed by atoms with Crippen LogP contribution in [0.4, 0.5) is 34.1 Å². The fourth-order valence-electron chi connectivity index (χ4n) is 6.44. The minimum Gasteiger partial charge on any atom is -0.353 e. The molecular formula is C32H29N5S. The van der Waals surface area contributed by atoms with Gasteiger partial charge in [0, 0.05) is 14.1 Å². The van der Waals surface area contributed by atoms with Crippen LogP contribution in [0.2, 0.25) is 0 Å². The van der Waals surface area contributed by atoms with Crippen LogP contribution in [-0.4, -0.2) is 25.8 Å². The highest BCUT2D eigenvalue weighted by molar-refractivity contribution is 8.00. The topological polar surface area (TPSA) is 36.8 Å². The number of benzene rings is 4. The molecule has 0 amide bonds. The minimum absolute atomic E-state index is 0.172. The molecule has 2 atom stereocenters. The molecule has 0 saturated carbocycles. The van der Waals surface area contributed by atoms with Crippen LogP contribution >= 0.6 is 11.8 Å². The highest BCUT2D eigenvalue weighted by atomic mass is 32.2. The van der Waals surface area contributed by atoms with Gasteiger partial charge in [0.15, 0.2) is 5.50 Å². The molecule has 0 fully saturated rings. The number of nitriles is 1. The summed E-state index contributed by atoms with van der Waals surface area (Å²) in [5.74, 6) is 0. The second kappa shape index (κ2) is 8.21. The Kier molecular flexibility index (Phi) is 4.98. The quantitative estimate of drug-likeness (QED) is 0.272. The van der Waals surface area contributed by atoms with Crippen LogP contribution < -0.4 is 19.6 Å². The molecule has 0 N–H and O–H groups in total. The molecule has 0 bridgehead atoms. The maximum Gasteiger partial charge on any atom is 0.159 e. The van der Waals surface area contributed by atoms with Crippen LogP contribution in [0.3, 0.4) is 0 Å². The van der Waals surface area contributed by atoms with E-state index in [0.29, 0.717) is 5.56 Å². The molecule has 6 heteroatoms. The zero-order valence-electron chi connectivity index (χ0n) is 22.2. The largest absolute Gasteiger partial charge is 0.353 e. The van der Waals surface area contributed by atoms with Crippen molar-refractivity contribution in [2.75, 3.05) is 33.7 Å². The summed E-state index contributed by atoms with van der Waals surface area (Å²) in [6, 6.07) is 28.4. The normalized spacial score (nSPS) is 18.8. The maximum absolute atomic E-state index is 9.55. The van der Waals surface area contributed by atoms with Gasteiger partial charge >= 0.3 is 0 Å². The van der Waals surface area contributed by atoms with Crippen LogP contribution in [-0.2, 0) is 0 Å². The van der Waals surface area contributed by atoms with E-state index < -0.39 is 0 Å². The summed E-state index contributed by atoms with van der Waals surface area (Å²) in [5, 5.41) is 9.55. The van der Waals surface area contributed by atoms with Crippen molar-refractivity contribution in [2.45, 2.75) is 37.3 Å². The lowest BCUT2D eigenvalue weighted by Gasteiger charge is -2.30. The molecule has 3 aliphatic heterocycles. The fourth-order valence-corrected chi connectivity index (χ4v) is 7.81. The van der Waals surface area contributed by atoms with Gasteiger partial charge in [-0.1, -0.05) is 36.0 Å². The van der Waals surface area contributed by atoms with E-state index in [-0.39, 0.29) is 11.7 Å². The van der Waals surface area contributed by atoms with Crippen molar-refractivity contribution in [3.8, 4) is 17.2 Å². The first-order valence-corrected chi connectivity index (χ1v) is 13.9. The van der Waals surface area contributed by atoms with Crippen LogP contribution in [0, 0.1) is 25.2 Å². The van der Waals surface area contributed by atoms with Gasteiger partial charge in [0.25, 0.3) is 0 Å². The van der Waals surface area contributed by atoms with E-state index in [9.17, 15) is 5.26 Å². The van der Waals surface area contributed by atoms with Gasteiger partial charge in [-0.2, -0.15) is 5.26 Å². The van der Waals surface area contributed by atoms with Crippen LogP contribution in [0.5, 0.6) is 0 Å². The number of thioether (sulfide) groups is 1. The second-order valence-electron chi connectivity index (χ2n) is 10.5. The van der Waals surface area contributed by atoms with Gasteiger partial charge in [-0.3, -0.25) is 0 Å². The van der Waals surface area contributed by atoms with Crippen LogP contribution in [0.25, 0.3) is 11.1 Å². The highest BCUT2D eigenvalue weighted by Gasteiger charge is 2.44. The fraction of sp³-hybridized carbons (Fsp3) is 0.219. The second-order valence-corrected chi connectivity index (χ2v) is 11.5. The maximum atomic E-state index is 9.55. The molecule has 0 saturated heterocycles. The third-order valence-electron chi connectivity index (χ3n) is 8.27. The number of hydrogen-bond acceptors (Lipinski definition) is 6. The lowest BCUT2D eigenvalue weighted by molar-refractivity contribution is 0.730. The lowest BCUT2D eigenvalue weighted by Crippen LogP contribution is -2.35. The predicted octanol–water partition coefficient (Wildman–Crippen LogP) is 7.75. The molecule has 38 heavy (non-hydrogen) atoms. The van der Waals surface area contributed by atoms with Crippen LogP contribution in [0.1, 0.15) is 23.6 Å². The van der Waals surface area contributed by atoms with E-state index >= 15 is 0 Å². The molecule has 4 aromatic carbocycles. The van der Waals surface area contributed by atoms with E-state index in [2.05, 4.69) is 121 Å². The summed E-state index contributed by atoms with van der Waals surface area (Å²) in [4.78, 5) is 11.0. The van der Waals surface area contributed by atoms with E-state index in [1.54, 1.807) is 0 Å². The predicted molar refractivity (Wildman–Crippen MR) is 159 cm³/mol. The molecule has 0 aromatic heterocycles. The summed E-state index contributed by atoms with van der Waals surface area (Å²) >= 11 is 1.93. The molecule has 3 aliphatic rings. The zero-order valence-corrected chi connectivity index (χ0v) is 23.0. The Morgan fingerprint density at radius 3 is 1.84 bits per heavy atom. The molecule has 4 aromatic rings. The molecule has 3 heterocycles. The van der Waals surface area contributed by atoms with E-state index in [0.717, 1.165) is 11.1 Å². The zero-order chi connectivity index (χ0) is 26.3. The first kappa shape index (κ1) is 23.1. The molecule has 7 rings (SSSR count). The monoisotopic (exact) mass is 515 g/mol. The third kappa shape index (κ3) is 3.06. The average Bonchev–Trinajstić information content (AvgIpc) is 3.52. The Morgan fingerprint density at radius 2 is 1.24 bits per heavy atom. The van der Waals surface area contributed by atoms with Gasteiger partial charge in [0.1, 0.15) is 6.17 Å². The van der Waals surface area contributed by atoms with E-state index in [1.807, 2.05) is 23.9 Å². The first-order valence-electron chi connectivity index (χ1n) is 13.0. The highest BCUT2D eigenvalue weighted by Crippen LogP contribution is 2.60. The summed E-state index contributed by atoms with van der Waals surface area (Å²) in [7, 11) is 4.37. The van der Waals surface area contributed by atoms with Gasteiger partial charge in [-0.15, -0.1) is 0 Å². The molecule has 2 unspecified atom stereocenters. The van der Waals surface area contributed by atoms with E-state index in [4.69, 9.17) is 0 Å². The number of para-hydroxylation sites is 4.